The zero-order valence-corrected chi connectivity index (χ0v) is 16.8. The molecule has 0 radical (unpaired) electrons. The van der Waals surface area contributed by atoms with Gasteiger partial charge in [-0.2, -0.15) is 0 Å². The molecule has 0 atom stereocenters. The summed E-state index contributed by atoms with van der Waals surface area (Å²) in [6.07, 6.45) is 0. The van der Waals surface area contributed by atoms with E-state index < -0.39 is 0 Å². The summed E-state index contributed by atoms with van der Waals surface area (Å²) in [7, 11) is 1.71. The normalized spacial score (nSPS) is 11.3. The number of ether oxygens (including phenoxy) is 1. The SMILES string of the molecule is COc1ccc(/C(=C\[Se]c2ccccc2)[Se]c2ccccc2)cc1. The summed E-state index contributed by atoms with van der Waals surface area (Å²) in [5, 5.41) is 0. The van der Waals surface area contributed by atoms with Gasteiger partial charge >= 0.3 is 156 Å². The van der Waals surface area contributed by atoms with E-state index in [0.717, 1.165) is 5.75 Å². The van der Waals surface area contributed by atoms with Crippen LogP contribution >= 0.6 is 0 Å². The molecule has 3 rings (SSSR count). The van der Waals surface area contributed by atoms with E-state index >= 15 is 0 Å². The van der Waals surface area contributed by atoms with E-state index in [4.69, 9.17) is 4.74 Å². The zero-order chi connectivity index (χ0) is 16.6. The van der Waals surface area contributed by atoms with Crippen LogP contribution in [-0.2, 0) is 0 Å². The molecule has 0 aliphatic rings. The first-order chi connectivity index (χ1) is 11.8. The Bertz CT molecular complexity index is 781. The minimum absolute atomic E-state index is 0.298. The maximum atomic E-state index is 5.29. The zero-order valence-electron chi connectivity index (χ0n) is 13.4. The van der Waals surface area contributed by atoms with Gasteiger partial charge in [0, 0.05) is 0 Å². The van der Waals surface area contributed by atoms with E-state index in [1.165, 1.54) is 19.0 Å². The van der Waals surface area contributed by atoms with Gasteiger partial charge < -0.3 is 0 Å². The Labute approximate surface area is 156 Å². The predicted octanol–water partition coefficient (Wildman–Crippen LogP) is 3.05. The van der Waals surface area contributed by atoms with Gasteiger partial charge in [0.05, 0.1) is 0 Å². The number of hydrogen-bond donors (Lipinski definition) is 0. The quantitative estimate of drug-likeness (QED) is 0.532. The van der Waals surface area contributed by atoms with E-state index in [9.17, 15) is 0 Å². The Balaban J connectivity index is 1.87. The molecule has 3 heteroatoms. The third-order valence-electron chi connectivity index (χ3n) is 3.39. The van der Waals surface area contributed by atoms with Crippen molar-refractivity contribution in [2.24, 2.45) is 0 Å². The average molecular weight is 444 g/mol. The Hall–Kier alpha value is -1.76. The predicted molar refractivity (Wildman–Crippen MR) is 105 cm³/mol. The van der Waals surface area contributed by atoms with Crippen LogP contribution in [0, 0.1) is 0 Å². The van der Waals surface area contributed by atoms with E-state index in [-0.39, 0.29) is 0 Å². The fourth-order valence-electron chi connectivity index (χ4n) is 2.14. The maximum absolute atomic E-state index is 5.29. The molecular weight excluding hydrogens is 426 g/mol. The molecule has 120 valence electrons. The van der Waals surface area contributed by atoms with E-state index in [2.05, 4.69) is 77.8 Å². The van der Waals surface area contributed by atoms with Crippen LogP contribution in [0.15, 0.2) is 89.9 Å². The fraction of sp³-hybridized carbons (Fsp3) is 0.0476. The summed E-state index contributed by atoms with van der Waals surface area (Å²) in [5.74, 6) is 0.902. The number of hydrogen-bond acceptors (Lipinski definition) is 1. The summed E-state index contributed by atoms with van der Waals surface area (Å²) in [6, 6.07) is 29.9. The second-order valence-electron chi connectivity index (χ2n) is 5.06. The van der Waals surface area contributed by atoms with Crippen molar-refractivity contribution in [3.63, 3.8) is 0 Å². The molecular formula is C21H18OSe2. The second-order valence-corrected chi connectivity index (χ2v) is 9.37. The van der Waals surface area contributed by atoms with Crippen molar-refractivity contribution in [3.8, 4) is 5.75 Å². The van der Waals surface area contributed by atoms with Gasteiger partial charge in [-0.1, -0.05) is 0 Å². The molecule has 0 aliphatic heterocycles. The van der Waals surface area contributed by atoms with Crippen LogP contribution in [-0.4, -0.2) is 37.0 Å². The van der Waals surface area contributed by atoms with Crippen LogP contribution in [0.2, 0.25) is 0 Å². The van der Waals surface area contributed by atoms with Crippen molar-refractivity contribution in [2.75, 3.05) is 7.11 Å². The van der Waals surface area contributed by atoms with E-state index in [0.29, 0.717) is 29.9 Å². The molecule has 0 fully saturated rings. The topological polar surface area (TPSA) is 9.23 Å². The summed E-state index contributed by atoms with van der Waals surface area (Å²) < 4.78 is 9.52. The van der Waals surface area contributed by atoms with Crippen LogP contribution < -0.4 is 13.7 Å². The van der Waals surface area contributed by atoms with Gasteiger partial charge in [-0.3, -0.25) is 0 Å². The molecule has 3 aromatic carbocycles. The average Bonchev–Trinajstić information content (AvgIpc) is 2.67. The van der Waals surface area contributed by atoms with Crippen molar-refractivity contribution < 1.29 is 4.74 Å². The monoisotopic (exact) mass is 446 g/mol. The van der Waals surface area contributed by atoms with Gasteiger partial charge in [0.1, 0.15) is 0 Å². The first-order valence-electron chi connectivity index (χ1n) is 7.64. The van der Waals surface area contributed by atoms with Crippen LogP contribution in [0.3, 0.4) is 0 Å². The number of methoxy groups -OCH3 is 1. The van der Waals surface area contributed by atoms with Crippen molar-refractivity contribution in [1.82, 2.24) is 0 Å². The summed E-state index contributed by atoms with van der Waals surface area (Å²) in [6.45, 7) is 0. The van der Waals surface area contributed by atoms with Gasteiger partial charge in [-0.15, -0.1) is 0 Å². The van der Waals surface area contributed by atoms with Crippen LogP contribution in [0.5, 0.6) is 5.75 Å². The van der Waals surface area contributed by atoms with Gasteiger partial charge in [0.25, 0.3) is 0 Å². The van der Waals surface area contributed by atoms with Crippen LogP contribution in [0.1, 0.15) is 5.56 Å². The Kier molecular flexibility index (Phi) is 6.34. The van der Waals surface area contributed by atoms with Crippen LogP contribution in [0.4, 0.5) is 0 Å². The Morgan fingerprint density at radius 1 is 0.750 bits per heavy atom. The third-order valence-corrected chi connectivity index (χ3v) is 8.30. The van der Waals surface area contributed by atoms with Gasteiger partial charge in [-0.05, 0) is 0 Å². The summed E-state index contributed by atoms with van der Waals surface area (Å²) in [5.41, 5.74) is 1.29. The van der Waals surface area contributed by atoms with Crippen molar-refractivity contribution in [2.45, 2.75) is 0 Å². The van der Waals surface area contributed by atoms with Gasteiger partial charge in [0.2, 0.25) is 0 Å². The molecule has 3 aromatic rings. The Morgan fingerprint density at radius 2 is 1.33 bits per heavy atom. The van der Waals surface area contributed by atoms with Crippen molar-refractivity contribution in [3.05, 3.63) is 95.5 Å². The molecule has 0 spiro atoms. The first-order valence-corrected chi connectivity index (χ1v) is 11.2. The van der Waals surface area contributed by atoms with Gasteiger partial charge in [0.15, 0.2) is 0 Å². The molecule has 0 unspecified atom stereocenters. The fourth-order valence-corrected chi connectivity index (χ4v) is 6.43. The molecule has 0 amide bonds. The molecule has 0 saturated carbocycles. The van der Waals surface area contributed by atoms with Crippen molar-refractivity contribution in [1.29, 1.82) is 0 Å². The molecule has 0 saturated heterocycles. The van der Waals surface area contributed by atoms with E-state index in [1.807, 2.05) is 12.1 Å². The molecule has 0 aliphatic carbocycles. The summed E-state index contributed by atoms with van der Waals surface area (Å²) in [4.78, 5) is 2.43. The van der Waals surface area contributed by atoms with Crippen LogP contribution in [0.25, 0.3) is 4.47 Å². The Morgan fingerprint density at radius 3 is 1.92 bits per heavy atom. The van der Waals surface area contributed by atoms with Gasteiger partial charge in [-0.25, -0.2) is 0 Å². The third kappa shape index (κ3) is 4.87. The standard InChI is InChI=1S/C21H18OSe2/c1-22-18-14-12-17(13-15-18)21(24-20-10-6-3-7-11-20)16-23-19-8-4-2-5-9-19/h2-16H,1H3/b21-16+. The second kappa shape index (κ2) is 8.91. The minimum atomic E-state index is 0.298. The molecule has 0 bridgehead atoms. The first kappa shape index (κ1) is 17.1. The molecule has 0 N–H and O–H groups in total. The number of benzene rings is 3. The number of rotatable bonds is 6. The molecule has 0 aromatic heterocycles. The summed E-state index contributed by atoms with van der Waals surface area (Å²) >= 11 is 0.638. The molecule has 24 heavy (non-hydrogen) atoms. The van der Waals surface area contributed by atoms with E-state index in [1.54, 1.807) is 7.11 Å². The molecule has 0 heterocycles. The molecule has 1 nitrogen and oxygen atoms in total. The van der Waals surface area contributed by atoms with Crippen molar-refractivity contribution >= 4 is 43.3 Å².